The van der Waals surface area contributed by atoms with Crippen molar-refractivity contribution in [3.8, 4) is 0 Å². The second-order valence-corrected chi connectivity index (χ2v) is 4.72. The number of pyridine rings is 1. The van der Waals surface area contributed by atoms with Gasteiger partial charge in [0.1, 0.15) is 5.82 Å². The quantitative estimate of drug-likeness (QED) is 0.870. The number of nitrogens with zero attached hydrogens (tertiary/aromatic N) is 1. The molecule has 0 saturated carbocycles. The number of hydrogen-bond donors (Lipinski definition) is 1. The van der Waals surface area contributed by atoms with Crippen LogP contribution in [0.1, 0.15) is 28.3 Å². The Hall–Kier alpha value is -1.95. The van der Waals surface area contributed by atoms with Gasteiger partial charge in [0.2, 0.25) is 0 Å². The summed E-state index contributed by atoms with van der Waals surface area (Å²) in [7, 11) is 1.56. The summed E-state index contributed by atoms with van der Waals surface area (Å²) in [5.74, 6) is -1.26. The van der Waals surface area contributed by atoms with Crippen LogP contribution >= 0.6 is 0 Å². The van der Waals surface area contributed by atoms with Gasteiger partial charge in [-0.05, 0) is 31.2 Å². The summed E-state index contributed by atoms with van der Waals surface area (Å²) >= 11 is 0. The third-order valence-electron chi connectivity index (χ3n) is 3.16. The van der Waals surface area contributed by atoms with Crippen LogP contribution in [0.15, 0.2) is 36.7 Å². The van der Waals surface area contributed by atoms with Crippen LogP contribution in [0.4, 0.5) is 17.6 Å². The van der Waals surface area contributed by atoms with Crippen molar-refractivity contribution in [2.24, 2.45) is 0 Å². The van der Waals surface area contributed by atoms with Crippen molar-refractivity contribution < 1.29 is 17.6 Å². The summed E-state index contributed by atoms with van der Waals surface area (Å²) in [5, 5.41) is 2.83. The molecule has 1 atom stereocenters. The molecule has 0 spiro atoms. The van der Waals surface area contributed by atoms with Crippen LogP contribution in [0, 0.1) is 12.7 Å². The van der Waals surface area contributed by atoms with Gasteiger partial charge in [0.05, 0.1) is 11.6 Å². The zero-order valence-electron chi connectivity index (χ0n) is 11.5. The van der Waals surface area contributed by atoms with Gasteiger partial charge in [-0.15, -0.1) is 0 Å². The lowest BCUT2D eigenvalue weighted by molar-refractivity contribution is -0.140. The lowest BCUT2D eigenvalue weighted by Crippen LogP contribution is -2.21. The Morgan fingerprint density at radius 2 is 1.90 bits per heavy atom. The van der Waals surface area contributed by atoms with Gasteiger partial charge < -0.3 is 5.32 Å². The van der Waals surface area contributed by atoms with Gasteiger partial charge in [-0.3, -0.25) is 4.98 Å². The molecule has 1 unspecified atom stereocenters. The standard InChI is InChI=1S/C15H14F4N2/c1-9-6-10(8-21-7-9)14(20-2)11-4-3-5-12(13(11)16)15(17,18)19/h3-8,14,20H,1-2H3. The highest BCUT2D eigenvalue weighted by Gasteiger charge is 2.35. The van der Waals surface area contributed by atoms with Crippen LogP contribution in [-0.4, -0.2) is 12.0 Å². The average Bonchev–Trinajstić information content (AvgIpc) is 2.40. The van der Waals surface area contributed by atoms with Crippen LogP contribution in [0.5, 0.6) is 0 Å². The lowest BCUT2D eigenvalue weighted by Gasteiger charge is -2.20. The van der Waals surface area contributed by atoms with E-state index in [2.05, 4.69) is 10.3 Å². The fourth-order valence-electron chi connectivity index (χ4n) is 2.23. The van der Waals surface area contributed by atoms with E-state index in [-0.39, 0.29) is 5.56 Å². The topological polar surface area (TPSA) is 24.9 Å². The SMILES string of the molecule is CNC(c1cncc(C)c1)c1cccc(C(F)(F)F)c1F. The minimum absolute atomic E-state index is 0.0558. The maximum absolute atomic E-state index is 14.2. The molecule has 0 aliphatic heterocycles. The van der Waals surface area contributed by atoms with Crippen molar-refractivity contribution in [2.75, 3.05) is 7.05 Å². The molecule has 0 radical (unpaired) electrons. The Labute approximate surface area is 119 Å². The van der Waals surface area contributed by atoms with Crippen molar-refractivity contribution in [3.05, 3.63) is 64.7 Å². The minimum Gasteiger partial charge on any atom is -0.309 e. The summed E-state index contributed by atoms with van der Waals surface area (Å²) < 4.78 is 52.6. The fourth-order valence-corrected chi connectivity index (χ4v) is 2.23. The molecule has 1 aromatic heterocycles. The summed E-state index contributed by atoms with van der Waals surface area (Å²) in [6, 6.07) is 4.34. The van der Waals surface area contributed by atoms with Gasteiger partial charge in [0.15, 0.2) is 0 Å². The van der Waals surface area contributed by atoms with Gasteiger partial charge in [-0.1, -0.05) is 18.2 Å². The van der Waals surface area contributed by atoms with E-state index >= 15 is 0 Å². The first kappa shape index (κ1) is 15.4. The van der Waals surface area contributed by atoms with Gasteiger partial charge in [0.25, 0.3) is 0 Å². The van der Waals surface area contributed by atoms with Crippen molar-refractivity contribution in [1.82, 2.24) is 10.3 Å². The largest absolute Gasteiger partial charge is 0.419 e. The highest BCUT2D eigenvalue weighted by Crippen LogP contribution is 2.35. The summed E-state index contributed by atoms with van der Waals surface area (Å²) in [5.41, 5.74) is 0.136. The Balaban J connectivity index is 2.54. The molecule has 6 heteroatoms. The molecule has 0 aliphatic rings. The summed E-state index contributed by atoms with van der Waals surface area (Å²) in [6.45, 7) is 1.81. The van der Waals surface area contributed by atoms with Crippen LogP contribution in [0.3, 0.4) is 0 Å². The molecule has 0 fully saturated rings. The Morgan fingerprint density at radius 1 is 1.19 bits per heavy atom. The average molecular weight is 298 g/mol. The van der Waals surface area contributed by atoms with E-state index in [0.29, 0.717) is 5.56 Å². The van der Waals surface area contributed by atoms with Crippen molar-refractivity contribution in [3.63, 3.8) is 0 Å². The molecule has 1 heterocycles. The molecule has 1 N–H and O–H groups in total. The maximum atomic E-state index is 14.2. The molecule has 2 nitrogen and oxygen atoms in total. The second kappa shape index (κ2) is 5.81. The zero-order valence-corrected chi connectivity index (χ0v) is 11.5. The molecule has 0 amide bonds. The molecule has 112 valence electrons. The molecule has 0 aliphatic carbocycles. The van der Waals surface area contributed by atoms with E-state index in [1.54, 1.807) is 19.3 Å². The first-order valence-corrected chi connectivity index (χ1v) is 6.29. The molecule has 2 aromatic rings. The Bertz CT molecular complexity index is 638. The summed E-state index contributed by atoms with van der Waals surface area (Å²) in [6.07, 6.45) is -1.59. The fraction of sp³-hybridized carbons (Fsp3) is 0.267. The van der Waals surface area contributed by atoms with E-state index in [4.69, 9.17) is 0 Å². The number of benzene rings is 1. The van der Waals surface area contributed by atoms with Gasteiger partial charge in [-0.25, -0.2) is 4.39 Å². The Kier molecular flexibility index (Phi) is 4.27. The van der Waals surface area contributed by atoms with E-state index in [0.717, 1.165) is 11.6 Å². The molecule has 2 rings (SSSR count). The Morgan fingerprint density at radius 3 is 2.48 bits per heavy atom. The summed E-state index contributed by atoms with van der Waals surface area (Å²) in [4.78, 5) is 3.99. The molecular weight excluding hydrogens is 284 g/mol. The number of nitrogens with one attached hydrogen (secondary N) is 1. The number of alkyl halides is 3. The number of hydrogen-bond acceptors (Lipinski definition) is 2. The second-order valence-electron chi connectivity index (χ2n) is 4.72. The lowest BCUT2D eigenvalue weighted by atomic mass is 9.96. The van der Waals surface area contributed by atoms with Crippen molar-refractivity contribution in [1.29, 1.82) is 0 Å². The van der Waals surface area contributed by atoms with E-state index < -0.39 is 23.6 Å². The highest BCUT2D eigenvalue weighted by molar-refractivity contribution is 5.36. The van der Waals surface area contributed by atoms with Crippen molar-refractivity contribution in [2.45, 2.75) is 19.1 Å². The third kappa shape index (κ3) is 3.21. The first-order valence-electron chi connectivity index (χ1n) is 6.29. The van der Waals surface area contributed by atoms with Crippen molar-refractivity contribution >= 4 is 0 Å². The van der Waals surface area contributed by atoms with Crippen LogP contribution in [0.2, 0.25) is 0 Å². The van der Waals surface area contributed by atoms with Gasteiger partial charge >= 0.3 is 6.18 Å². The monoisotopic (exact) mass is 298 g/mol. The smallest absolute Gasteiger partial charge is 0.309 e. The van der Waals surface area contributed by atoms with Crippen LogP contribution in [-0.2, 0) is 6.18 Å². The predicted octanol–water partition coefficient (Wildman–Crippen LogP) is 3.86. The molecule has 0 saturated heterocycles. The predicted molar refractivity (Wildman–Crippen MR) is 71.3 cm³/mol. The molecular formula is C15H14F4N2. The number of aryl methyl sites for hydroxylation is 1. The van der Waals surface area contributed by atoms with E-state index in [1.807, 2.05) is 6.92 Å². The highest BCUT2D eigenvalue weighted by atomic mass is 19.4. The van der Waals surface area contributed by atoms with Gasteiger partial charge in [-0.2, -0.15) is 13.2 Å². The zero-order chi connectivity index (χ0) is 15.6. The van der Waals surface area contributed by atoms with Crippen LogP contribution < -0.4 is 5.32 Å². The van der Waals surface area contributed by atoms with Crippen LogP contribution in [0.25, 0.3) is 0 Å². The number of halogens is 4. The number of aromatic nitrogens is 1. The van der Waals surface area contributed by atoms with Gasteiger partial charge in [0, 0.05) is 18.0 Å². The van der Waals surface area contributed by atoms with E-state index in [9.17, 15) is 17.6 Å². The normalized spacial score (nSPS) is 13.2. The molecule has 1 aromatic carbocycles. The molecule has 21 heavy (non-hydrogen) atoms. The van der Waals surface area contributed by atoms with E-state index in [1.165, 1.54) is 18.3 Å². The molecule has 0 bridgehead atoms. The maximum Gasteiger partial charge on any atom is 0.419 e. The minimum atomic E-state index is -4.72. The first-order chi connectivity index (χ1) is 9.84. The number of rotatable bonds is 3. The third-order valence-corrected chi connectivity index (χ3v) is 3.16.